The Hall–Kier alpha value is -1.61. The Balaban J connectivity index is 2.41. The van der Waals surface area contributed by atoms with Gasteiger partial charge in [-0.15, -0.1) is 0 Å². The van der Waals surface area contributed by atoms with Crippen molar-refractivity contribution in [2.75, 3.05) is 5.32 Å². The van der Waals surface area contributed by atoms with E-state index in [1.54, 1.807) is 6.20 Å². The molecule has 2 aromatic rings. The molecule has 0 amide bonds. The molecule has 0 radical (unpaired) electrons. The Morgan fingerprint density at radius 2 is 1.84 bits per heavy atom. The average molecular weight is 276 g/mol. The Morgan fingerprint density at radius 3 is 2.53 bits per heavy atom. The van der Waals surface area contributed by atoms with E-state index in [1.165, 1.54) is 5.56 Å². The van der Waals surface area contributed by atoms with Crippen molar-refractivity contribution in [3.8, 4) is 0 Å². The number of benzene rings is 1. The number of aromatic nitrogens is 2. The van der Waals surface area contributed by atoms with Crippen LogP contribution in [0.4, 0.5) is 11.5 Å². The molecule has 0 fully saturated rings. The monoisotopic (exact) mass is 275 g/mol. The predicted molar refractivity (Wildman–Crippen MR) is 80.2 cm³/mol. The lowest BCUT2D eigenvalue weighted by molar-refractivity contribution is 0.592. The number of hydrogen-bond acceptors (Lipinski definition) is 3. The van der Waals surface area contributed by atoms with Crippen molar-refractivity contribution < 1.29 is 0 Å². The van der Waals surface area contributed by atoms with Crippen LogP contribution in [-0.2, 0) is 5.41 Å². The summed E-state index contributed by atoms with van der Waals surface area (Å²) in [6.07, 6.45) is 1.72. The molecule has 0 atom stereocenters. The standard InChI is InChI=1S/C15H18ClN3/c1-10-9-17-14(16)19-13(10)18-12-8-6-5-7-11(12)15(2,3)4/h5-9H,1-4H3,(H,17,18,19). The second kappa shape index (κ2) is 5.17. The van der Waals surface area contributed by atoms with Crippen LogP contribution in [0, 0.1) is 6.92 Å². The van der Waals surface area contributed by atoms with Gasteiger partial charge in [0.2, 0.25) is 5.28 Å². The van der Waals surface area contributed by atoms with Gasteiger partial charge in [0.15, 0.2) is 0 Å². The van der Waals surface area contributed by atoms with E-state index < -0.39 is 0 Å². The molecule has 1 N–H and O–H groups in total. The molecule has 0 saturated carbocycles. The third-order valence-electron chi connectivity index (χ3n) is 2.93. The topological polar surface area (TPSA) is 37.8 Å². The van der Waals surface area contributed by atoms with E-state index in [1.807, 2.05) is 19.1 Å². The van der Waals surface area contributed by atoms with Gasteiger partial charge in [0.05, 0.1) is 0 Å². The zero-order chi connectivity index (χ0) is 14.0. The minimum atomic E-state index is 0.0638. The SMILES string of the molecule is Cc1cnc(Cl)nc1Nc1ccccc1C(C)(C)C. The number of hydrogen-bond donors (Lipinski definition) is 1. The summed E-state index contributed by atoms with van der Waals surface area (Å²) < 4.78 is 0. The van der Waals surface area contributed by atoms with Gasteiger partial charge in [-0.2, -0.15) is 0 Å². The number of aryl methyl sites for hydroxylation is 1. The largest absolute Gasteiger partial charge is 0.340 e. The zero-order valence-corrected chi connectivity index (χ0v) is 12.4. The van der Waals surface area contributed by atoms with E-state index in [9.17, 15) is 0 Å². The lowest BCUT2D eigenvalue weighted by atomic mass is 9.86. The summed E-state index contributed by atoms with van der Waals surface area (Å²) in [6, 6.07) is 8.23. The van der Waals surface area contributed by atoms with Crippen LogP contribution in [0.15, 0.2) is 30.5 Å². The summed E-state index contributed by atoms with van der Waals surface area (Å²) in [4.78, 5) is 8.20. The highest BCUT2D eigenvalue weighted by Gasteiger charge is 2.18. The summed E-state index contributed by atoms with van der Waals surface area (Å²) in [7, 11) is 0. The molecule has 3 nitrogen and oxygen atoms in total. The molecule has 1 aromatic heterocycles. The quantitative estimate of drug-likeness (QED) is 0.821. The van der Waals surface area contributed by atoms with Gasteiger partial charge in [0, 0.05) is 17.4 Å². The highest BCUT2D eigenvalue weighted by atomic mass is 35.5. The summed E-state index contributed by atoms with van der Waals surface area (Å²) >= 11 is 5.85. The highest BCUT2D eigenvalue weighted by molar-refractivity contribution is 6.28. The Bertz CT molecular complexity index is 588. The molecule has 4 heteroatoms. The molecular formula is C15H18ClN3. The van der Waals surface area contributed by atoms with E-state index in [-0.39, 0.29) is 10.7 Å². The third kappa shape index (κ3) is 3.24. The molecule has 1 aromatic carbocycles. The fraction of sp³-hybridized carbons (Fsp3) is 0.333. The summed E-state index contributed by atoms with van der Waals surface area (Å²) in [6.45, 7) is 8.52. The van der Waals surface area contributed by atoms with Crippen LogP contribution in [0.25, 0.3) is 0 Å². The Morgan fingerprint density at radius 1 is 1.16 bits per heavy atom. The van der Waals surface area contributed by atoms with Crippen molar-refractivity contribution in [2.24, 2.45) is 0 Å². The first-order valence-corrected chi connectivity index (χ1v) is 6.61. The predicted octanol–water partition coefficient (Wildman–Crippen LogP) is 4.48. The van der Waals surface area contributed by atoms with Crippen molar-refractivity contribution in [3.05, 3.63) is 46.9 Å². The first-order valence-electron chi connectivity index (χ1n) is 6.23. The first-order chi connectivity index (χ1) is 8.88. The van der Waals surface area contributed by atoms with Crippen LogP contribution in [0.1, 0.15) is 31.9 Å². The fourth-order valence-electron chi connectivity index (χ4n) is 1.92. The maximum Gasteiger partial charge on any atom is 0.224 e. The Labute approximate surface area is 119 Å². The number of nitrogens with one attached hydrogen (secondary N) is 1. The van der Waals surface area contributed by atoms with E-state index in [2.05, 4.69) is 48.2 Å². The van der Waals surface area contributed by atoms with Gasteiger partial charge in [-0.3, -0.25) is 0 Å². The van der Waals surface area contributed by atoms with Crippen molar-refractivity contribution in [2.45, 2.75) is 33.1 Å². The van der Waals surface area contributed by atoms with Crippen molar-refractivity contribution in [1.82, 2.24) is 9.97 Å². The molecule has 0 saturated heterocycles. The molecule has 100 valence electrons. The fourth-order valence-corrected chi connectivity index (χ4v) is 2.05. The summed E-state index contributed by atoms with van der Waals surface area (Å²) in [5, 5.41) is 3.60. The number of nitrogens with zero attached hydrogens (tertiary/aromatic N) is 2. The molecule has 1 heterocycles. The third-order valence-corrected chi connectivity index (χ3v) is 3.11. The number of anilines is 2. The smallest absolute Gasteiger partial charge is 0.224 e. The molecule has 0 aliphatic carbocycles. The number of halogens is 1. The number of rotatable bonds is 2. The van der Waals surface area contributed by atoms with Gasteiger partial charge < -0.3 is 5.32 Å². The lowest BCUT2D eigenvalue weighted by Crippen LogP contribution is -2.14. The van der Waals surface area contributed by atoms with E-state index in [0.29, 0.717) is 0 Å². The Kier molecular flexibility index (Phi) is 3.76. The van der Waals surface area contributed by atoms with Crippen LogP contribution >= 0.6 is 11.6 Å². The molecule has 2 rings (SSSR count). The molecule has 19 heavy (non-hydrogen) atoms. The summed E-state index contributed by atoms with van der Waals surface area (Å²) in [5.74, 6) is 0.747. The van der Waals surface area contributed by atoms with Crippen molar-refractivity contribution in [1.29, 1.82) is 0 Å². The van der Waals surface area contributed by atoms with Crippen LogP contribution in [0.2, 0.25) is 5.28 Å². The van der Waals surface area contributed by atoms with Crippen LogP contribution < -0.4 is 5.32 Å². The second-order valence-electron chi connectivity index (χ2n) is 5.59. The average Bonchev–Trinajstić information content (AvgIpc) is 2.33. The first kappa shape index (κ1) is 13.8. The van der Waals surface area contributed by atoms with Gasteiger partial charge in [0.25, 0.3) is 0 Å². The van der Waals surface area contributed by atoms with Gasteiger partial charge >= 0.3 is 0 Å². The molecule has 0 unspecified atom stereocenters. The second-order valence-corrected chi connectivity index (χ2v) is 5.93. The molecule has 0 bridgehead atoms. The van der Waals surface area contributed by atoms with E-state index >= 15 is 0 Å². The maximum atomic E-state index is 5.85. The van der Waals surface area contributed by atoms with Crippen molar-refractivity contribution in [3.63, 3.8) is 0 Å². The minimum absolute atomic E-state index is 0.0638. The van der Waals surface area contributed by atoms with E-state index in [4.69, 9.17) is 11.6 Å². The molecule has 0 spiro atoms. The van der Waals surface area contributed by atoms with Gasteiger partial charge in [-0.1, -0.05) is 39.0 Å². The summed E-state index contributed by atoms with van der Waals surface area (Å²) in [5.41, 5.74) is 3.32. The van der Waals surface area contributed by atoms with E-state index in [0.717, 1.165) is 17.1 Å². The van der Waals surface area contributed by atoms with Crippen molar-refractivity contribution >= 4 is 23.1 Å². The number of para-hydroxylation sites is 1. The lowest BCUT2D eigenvalue weighted by Gasteiger charge is -2.23. The minimum Gasteiger partial charge on any atom is -0.340 e. The molecule has 0 aliphatic rings. The van der Waals surface area contributed by atoms with Crippen LogP contribution in [0.5, 0.6) is 0 Å². The molecular weight excluding hydrogens is 258 g/mol. The highest BCUT2D eigenvalue weighted by Crippen LogP contribution is 2.31. The van der Waals surface area contributed by atoms with Crippen LogP contribution in [-0.4, -0.2) is 9.97 Å². The molecule has 0 aliphatic heterocycles. The van der Waals surface area contributed by atoms with Crippen LogP contribution in [0.3, 0.4) is 0 Å². The van der Waals surface area contributed by atoms with Gasteiger partial charge in [0.1, 0.15) is 5.82 Å². The maximum absolute atomic E-state index is 5.85. The normalized spacial score (nSPS) is 11.4. The van der Waals surface area contributed by atoms with Gasteiger partial charge in [-0.05, 0) is 35.6 Å². The zero-order valence-electron chi connectivity index (χ0n) is 11.7. The van der Waals surface area contributed by atoms with Gasteiger partial charge in [-0.25, -0.2) is 9.97 Å².